The number of hydrogen-bond donors (Lipinski definition) is 2. The van der Waals surface area contributed by atoms with E-state index < -0.39 is 0 Å². The summed E-state index contributed by atoms with van der Waals surface area (Å²) in [5, 5.41) is 3.57. The Morgan fingerprint density at radius 1 is 1.45 bits per heavy atom. The Bertz CT molecular complexity index is 503. The SMILES string of the molecule is Cc1nc(N2CCCCC2CNC(C)(C)C)cc(=O)[nH]1. The smallest absolute Gasteiger partial charge is 0.252 e. The zero-order valence-electron chi connectivity index (χ0n) is 13.0. The second kappa shape index (κ2) is 5.95. The molecule has 5 nitrogen and oxygen atoms in total. The predicted octanol–water partition coefficient (Wildman–Crippen LogP) is 1.83. The maximum Gasteiger partial charge on any atom is 0.252 e. The molecule has 0 spiro atoms. The number of nitrogens with one attached hydrogen (secondary N) is 2. The third kappa shape index (κ3) is 4.07. The quantitative estimate of drug-likeness (QED) is 0.885. The van der Waals surface area contributed by atoms with E-state index in [-0.39, 0.29) is 11.1 Å². The van der Waals surface area contributed by atoms with E-state index in [0.717, 1.165) is 25.3 Å². The second-order valence-electron chi connectivity index (χ2n) is 6.66. The summed E-state index contributed by atoms with van der Waals surface area (Å²) in [6.45, 7) is 10.3. The van der Waals surface area contributed by atoms with E-state index in [0.29, 0.717) is 11.9 Å². The maximum atomic E-state index is 11.6. The van der Waals surface area contributed by atoms with Crippen LogP contribution in [0.3, 0.4) is 0 Å². The van der Waals surface area contributed by atoms with Crippen molar-refractivity contribution >= 4 is 5.82 Å². The molecule has 112 valence electrons. The van der Waals surface area contributed by atoms with E-state index in [2.05, 4.69) is 41.0 Å². The van der Waals surface area contributed by atoms with Gasteiger partial charge in [0.1, 0.15) is 11.6 Å². The van der Waals surface area contributed by atoms with Gasteiger partial charge in [0.05, 0.1) is 0 Å². The predicted molar refractivity (Wildman–Crippen MR) is 82.3 cm³/mol. The standard InChI is InChI=1S/C15H26N4O/c1-11-17-13(9-14(20)18-11)19-8-6-5-7-12(19)10-16-15(2,3)4/h9,12,16H,5-8,10H2,1-4H3,(H,17,18,20). The van der Waals surface area contributed by atoms with Crippen LogP contribution in [-0.4, -0.2) is 34.6 Å². The highest BCUT2D eigenvalue weighted by atomic mass is 16.1. The summed E-state index contributed by atoms with van der Waals surface area (Å²) in [7, 11) is 0. The van der Waals surface area contributed by atoms with Gasteiger partial charge in [0.25, 0.3) is 5.56 Å². The van der Waals surface area contributed by atoms with Crippen molar-refractivity contribution in [2.24, 2.45) is 0 Å². The molecule has 1 unspecified atom stereocenters. The van der Waals surface area contributed by atoms with E-state index in [1.54, 1.807) is 6.07 Å². The van der Waals surface area contributed by atoms with Gasteiger partial charge in [-0.2, -0.15) is 0 Å². The molecule has 20 heavy (non-hydrogen) atoms. The van der Waals surface area contributed by atoms with Gasteiger partial charge < -0.3 is 15.2 Å². The lowest BCUT2D eigenvalue weighted by atomic mass is 10.0. The summed E-state index contributed by atoms with van der Waals surface area (Å²) in [6.07, 6.45) is 3.56. The van der Waals surface area contributed by atoms with Gasteiger partial charge in [-0.05, 0) is 47.0 Å². The second-order valence-corrected chi connectivity index (χ2v) is 6.66. The Morgan fingerprint density at radius 3 is 2.85 bits per heavy atom. The maximum absolute atomic E-state index is 11.6. The van der Waals surface area contributed by atoms with Gasteiger partial charge in [-0.3, -0.25) is 4.79 Å². The van der Waals surface area contributed by atoms with Gasteiger partial charge >= 0.3 is 0 Å². The van der Waals surface area contributed by atoms with Crippen LogP contribution in [0.4, 0.5) is 5.82 Å². The fourth-order valence-electron chi connectivity index (χ4n) is 2.65. The number of nitrogens with zero attached hydrogens (tertiary/aromatic N) is 2. The van der Waals surface area contributed by atoms with Gasteiger partial charge in [0, 0.05) is 30.7 Å². The first-order chi connectivity index (χ1) is 9.35. The Hall–Kier alpha value is -1.36. The van der Waals surface area contributed by atoms with Gasteiger partial charge in [0.15, 0.2) is 0 Å². The molecule has 1 fully saturated rings. The van der Waals surface area contributed by atoms with Crippen molar-refractivity contribution in [3.63, 3.8) is 0 Å². The van der Waals surface area contributed by atoms with E-state index >= 15 is 0 Å². The Kier molecular flexibility index (Phi) is 4.48. The first kappa shape index (κ1) is 15.0. The van der Waals surface area contributed by atoms with Crippen LogP contribution < -0.4 is 15.8 Å². The largest absolute Gasteiger partial charge is 0.352 e. The van der Waals surface area contributed by atoms with Crippen molar-refractivity contribution in [1.82, 2.24) is 15.3 Å². The lowest BCUT2D eigenvalue weighted by molar-refractivity contribution is 0.365. The van der Waals surface area contributed by atoms with Crippen LogP contribution in [0.15, 0.2) is 10.9 Å². The van der Waals surface area contributed by atoms with Crippen LogP contribution in [-0.2, 0) is 0 Å². The molecule has 1 aromatic rings. The summed E-state index contributed by atoms with van der Waals surface area (Å²) >= 11 is 0. The molecule has 1 aromatic heterocycles. The molecule has 5 heteroatoms. The molecule has 0 saturated carbocycles. The molecule has 1 saturated heterocycles. The molecule has 2 rings (SSSR count). The molecule has 0 radical (unpaired) electrons. The topological polar surface area (TPSA) is 61.0 Å². The highest BCUT2D eigenvalue weighted by Crippen LogP contribution is 2.22. The number of anilines is 1. The third-order valence-electron chi connectivity index (χ3n) is 3.64. The molecule has 1 aliphatic rings. The minimum absolute atomic E-state index is 0.0689. The molecule has 2 heterocycles. The Labute approximate surface area is 120 Å². The number of H-pyrrole nitrogens is 1. The fourth-order valence-corrected chi connectivity index (χ4v) is 2.65. The van der Waals surface area contributed by atoms with Crippen molar-refractivity contribution in [2.45, 2.75) is 58.5 Å². The number of rotatable bonds is 3. The molecule has 1 aliphatic heterocycles. The molecule has 0 aliphatic carbocycles. The zero-order valence-corrected chi connectivity index (χ0v) is 13.0. The van der Waals surface area contributed by atoms with Gasteiger partial charge in [-0.1, -0.05) is 0 Å². The normalized spacial score (nSPS) is 20.2. The van der Waals surface area contributed by atoms with Crippen molar-refractivity contribution in [1.29, 1.82) is 0 Å². The fraction of sp³-hybridized carbons (Fsp3) is 0.733. The average molecular weight is 278 g/mol. The molecule has 0 bridgehead atoms. The molecule has 0 amide bonds. The Morgan fingerprint density at radius 2 is 2.20 bits per heavy atom. The van der Waals surface area contributed by atoms with Crippen LogP contribution in [0, 0.1) is 6.92 Å². The molecular formula is C15H26N4O. The van der Waals surface area contributed by atoms with Gasteiger partial charge in [-0.15, -0.1) is 0 Å². The van der Waals surface area contributed by atoms with Crippen molar-refractivity contribution in [3.05, 3.63) is 22.2 Å². The minimum atomic E-state index is -0.0689. The van der Waals surface area contributed by atoms with Crippen molar-refractivity contribution in [3.8, 4) is 0 Å². The molecule has 2 N–H and O–H groups in total. The van der Waals surface area contributed by atoms with Crippen LogP contribution in [0.25, 0.3) is 0 Å². The average Bonchev–Trinajstić information content (AvgIpc) is 2.34. The van der Waals surface area contributed by atoms with E-state index in [4.69, 9.17) is 0 Å². The summed E-state index contributed by atoms with van der Waals surface area (Å²) < 4.78 is 0. The zero-order chi connectivity index (χ0) is 14.8. The summed E-state index contributed by atoms with van der Waals surface area (Å²) in [5.74, 6) is 1.49. The van der Waals surface area contributed by atoms with Crippen molar-refractivity contribution < 1.29 is 0 Å². The number of aromatic nitrogens is 2. The number of hydrogen-bond acceptors (Lipinski definition) is 4. The monoisotopic (exact) mass is 278 g/mol. The first-order valence-electron chi connectivity index (χ1n) is 7.45. The number of aryl methyl sites for hydroxylation is 1. The van der Waals surface area contributed by atoms with E-state index in [9.17, 15) is 4.79 Å². The lowest BCUT2D eigenvalue weighted by Crippen LogP contribution is -2.50. The third-order valence-corrected chi connectivity index (χ3v) is 3.64. The van der Waals surface area contributed by atoms with Crippen LogP contribution >= 0.6 is 0 Å². The summed E-state index contributed by atoms with van der Waals surface area (Å²) in [6, 6.07) is 2.03. The summed E-state index contributed by atoms with van der Waals surface area (Å²) in [4.78, 5) is 21.1. The van der Waals surface area contributed by atoms with E-state index in [1.165, 1.54) is 12.8 Å². The molecule has 0 aromatic carbocycles. The Balaban J connectivity index is 2.15. The lowest BCUT2D eigenvalue weighted by Gasteiger charge is -2.38. The van der Waals surface area contributed by atoms with Crippen LogP contribution in [0.5, 0.6) is 0 Å². The number of aromatic amines is 1. The van der Waals surface area contributed by atoms with Gasteiger partial charge in [-0.25, -0.2) is 4.98 Å². The first-order valence-corrected chi connectivity index (χ1v) is 7.45. The highest BCUT2D eigenvalue weighted by molar-refractivity contribution is 5.39. The van der Waals surface area contributed by atoms with Crippen LogP contribution in [0.2, 0.25) is 0 Å². The number of piperidine rings is 1. The minimum Gasteiger partial charge on any atom is -0.352 e. The van der Waals surface area contributed by atoms with E-state index in [1.807, 2.05) is 6.92 Å². The molecular weight excluding hydrogens is 252 g/mol. The summed E-state index contributed by atoms with van der Waals surface area (Å²) in [5.41, 5.74) is 0.0428. The van der Waals surface area contributed by atoms with Gasteiger partial charge in [0.2, 0.25) is 0 Å². The highest BCUT2D eigenvalue weighted by Gasteiger charge is 2.25. The molecule has 1 atom stereocenters. The van der Waals surface area contributed by atoms with Crippen molar-refractivity contribution in [2.75, 3.05) is 18.0 Å². The van der Waals surface area contributed by atoms with Crippen LogP contribution in [0.1, 0.15) is 45.9 Å².